The first kappa shape index (κ1) is 13.4. The number of hydrogen-bond donors (Lipinski definition) is 1. The van der Waals surface area contributed by atoms with Gasteiger partial charge in [0.05, 0.1) is 6.61 Å². The highest BCUT2D eigenvalue weighted by molar-refractivity contribution is 5.76. The highest BCUT2D eigenvalue weighted by atomic mass is 16.5. The molecule has 0 aromatic heterocycles. The topological polar surface area (TPSA) is 52.3 Å². The summed E-state index contributed by atoms with van der Waals surface area (Å²) in [5.74, 6) is -0.284. The number of nitrogens with two attached hydrogens (primary N) is 1. The fourth-order valence-corrected chi connectivity index (χ4v) is 0.968. The summed E-state index contributed by atoms with van der Waals surface area (Å²) in [6.07, 6.45) is 3.15. The molecule has 0 rings (SSSR count). The van der Waals surface area contributed by atoms with Crippen LogP contribution in [0.2, 0.25) is 0 Å². The molecule has 0 spiro atoms. The SMILES string of the molecule is CCCCCOC(=O)[C@@H](N)C(C)(C)C. The Bertz CT molecular complexity index is 173. The normalized spacial score (nSPS) is 13.8. The smallest absolute Gasteiger partial charge is 0.323 e. The van der Waals surface area contributed by atoms with Crippen molar-refractivity contribution in [2.24, 2.45) is 11.1 Å². The highest BCUT2D eigenvalue weighted by Gasteiger charge is 2.28. The number of carbonyl (C=O) groups excluding carboxylic acids is 1. The van der Waals surface area contributed by atoms with Crippen LogP contribution in [-0.2, 0) is 9.53 Å². The second kappa shape index (κ2) is 6.02. The lowest BCUT2D eigenvalue weighted by Crippen LogP contribution is -2.43. The quantitative estimate of drug-likeness (QED) is 0.547. The molecule has 0 aromatic rings. The Balaban J connectivity index is 3.74. The molecular weight excluding hydrogens is 178 g/mol. The molecular formula is C11H23NO2. The lowest BCUT2D eigenvalue weighted by atomic mass is 9.87. The summed E-state index contributed by atoms with van der Waals surface area (Å²) >= 11 is 0. The number of unbranched alkanes of at least 4 members (excludes halogenated alkanes) is 2. The minimum absolute atomic E-state index is 0.220. The predicted molar refractivity (Wildman–Crippen MR) is 57.9 cm³/mol. The predicted octanol–water partition coefficient (Wildman–Crippen LogP) is 2.09. The van der Waals surface area contributed by atoms with Gasteiger partial charge >= 0.3 is 5.97 Å². The molecule has 0 unspecified atom stereocenters. The minimum atomic E-state index is -0.524. The molecule has 2 N–H and O–H groups in total. The summed E-state index contributed by atoms with van der Waals surface area (Å²) in [5.41, 5.74) is 5.51. The van der Waals surface area contributed by atoms with Crippen LogP contribution in [0.5, 0.6) is 0 Å². The van der Waals surface area contributed by atoms with Crippen molar-refractivity contribution in [1.29, 1.82) is 0 Å². The number of carbonyl (C=O) groups is 1. The van der Waals surface area contributed by atoms with Crippen LogP contribution in [0.25, 0.3) is 0 Å². The summed E-state index contributed by atoms with van der Waals surface area (Å²) < 4.78 is 5.07. The van der Waals surface area contributed by atoms with E-state index in [1.807, 2.05) is 20.8 Å². The third-order valence-electron chi connectivity index (χ3n) is 2.18. The Hall–Kier alpha value is -0.570. The van der Waals surface area contributed by atoms with Gasteiger partial charge in [-0.05, 0) is 11.8 Å². The van der Waals surface area contributed by atoms with Crippen LogP contribution in [-0.4, -0.2) is 18.6 Å². The molecule has 14 heavy (non-hydrogen) atoms. The van der Waals surface area contributed by atoms with Gasteiger partial charge in [-0.3, -0.25) is 4.79 Å². The summed E-state index contributed by atoms with van der Waals surface area (Å²) in [6.45, 7) is 8.42. The maximum Gasteiger partial charge on any atom is 0.323 e. The van der Waals surface area contributed by atoms with Crippen LogP contribution in [0.15, 0.2) is 0 Å². The Morgan fingerprint density at radius 2 is 1.93 bits per heavy atom. The van der Waals surface area contributed by atoms with Crippen molar-refractivity contribution in [1.82, 2.24) is 0 Å². The van der Waals surface area contributed by atoms with Gasteiger partial charge in [0.15, 0.2) is 0 Å². The number of esters is 1. The van der Waals surface area contributed by atoms with Crippen LogP contribution in [0, 0.1) is 5.41 Å². The van der Waals surface area contributed by atoms with Gasteiger partial charge in [-0.1, -0.05) is 40.5 Å². The van der Waals surface area contributed by atoms with Crippen LogP contribution in [0.4, 0.5) is 0 Å². The average molecular weight is 201 g/mol. The summed E-state index contributed by atoms with van der Waals surface area (Å²) in [4.78, 5) is 11.4. The van der Waals surface area contributed by atoms with Crippen molar-refractivity contribution in [3.63, 3.8) is 0 Å². The van der Waals surface area contributed by atoms with Crippen molar-refractivity contribution < 1.29 is 9.53 Å². The Morgan fingerprint density at radius 1 is 1.36 bits per heavy atom. The van der Waals surface area contributed by atoms with Gasteiger partial charge < -0.3 is 10.5 Å². The molecule has 0 aliphatic heterocycles. The first-order valence-electron chi connectivity index (χ1n) is 5.31. The average Bonchev–Trinajstić information content (AvgIpc) is 2.09. The van der Waals surface area contributed by atoms with Gasteiger partial charge in [0.25, 0.3) is 0 Å². The van der Waals surface area contributed by atoms with E-state index in [4.69, 9.17) is 10.5 Å². The van der Waals surface area contributed by atoms with E-state index in [1.165, 1.54) is 0 Å². The van der Waals surface area contributed by atoms with Gasteiger partial charge in [-0.25, -0.2) is 0 Å². The van der Waals surface area contributed by atoms with Crippen LogP contribution >= 0.6 is 0 Å². The van der Waals surface area contributed by atoms with Gasteiger partial charge in [-0.15, -0.1) is 0 Å². The van der Waals surface area contributed by atoms with E-state index < -0.39 is 6.04 Å². The Labute approximate surface area is 87.0 Å². The molecule has 0 aliphatic carbocycles. The maximum atomic E-state index is 11.4. The van der Waals surface area contributed by atoms with E-state index in [0.717, 1.165) is 19.3 Å². The molecule has 84 valence electrons. The lowest BCUT2D eigenvalue weighted by molar-refractivity contribution is -0.147. The summed E-state index contributed by atoms with van der Waals surface area (Å²) in [7, 11) is 0. The second-order valence-electron chi connectivity index (χ2n) is 4.72. The monoisotopic (exact) mass is 201 g/mol. The molecule has 0 radical (unpaired) electrons. The van der Waals surface area contributed by atoms with Crippen molar-refractivity contribution in [3.05, 3.63) is 0 Å². The molecule has 3 heteroatoms. The van der Waals surface area contributed by atoms with Gasteiger partial charge in [0.1, 0.15) is 6.04 Å². The van der Waals surface area contributed by atoms with Crippen molar-refractivity contribution in [2.45, 2.75) is 53.0 Å². The van der Waals surface area contributed by atoms with Crippen LogP contribution in [0.3, 0.4) is 0 Å². The van der Waals surface area contributed by atoms with E-state index in [9.17, 15) is 4.79 Å². The first-order chi connectivity index (χ1) is 6.39. The van der Waals surface area contributed by atoms with Crippen LogP contribution < -0.4 is 5.73 Å². The molecule has 3 nitrogen and oxygen atoms in total. The van der Waals surface area contributed by atoms with Crippen molar-refractivity contribution in [2.75, 3.05) is 6.61 Å². The molecule has 0 heterocycles. The zero-order chi connectivity index (χ0) is 11.2. The molecule has 0 saturated heterocycles. The third-order valence-corrected chi connectivity index (χ3v) is 2.18. The molecule has 0 saturated carbocycles. The Kier molecular flexibility index (Phi) is 5.77. The molecule has 0 aliphatic rings. The number of hydrogen-bond acceptors (Lipinski definition) is 3. The summed E-state index contributed by atoms with van der Waals surface area (Å²) in [6, 6.07) is -0.524. The van der Waals surface area contributed by atoms with Gasteiger partial charge in [0.2, 0.25) is 0 Å². The lowest BCUT2D eigenvalue weighted by Gasteiger charge is -2.24. The zero-order valence-corrected chi connectivity index (χ0v) is 9.80. The fourth-order valence-electron chi connectivity index (χ4n) is 0.968. The van der Waals surface area contributed by atoms with Crippen LogP contribution in [0.1, 0.15) is 47.0 Å². The second-order valence-corrected chi connectivity index (χ2v) is 4.72. The minimum Gasteiger partial charge on any atom is -0.465 e. The molecule has 1 atom stereocenters. The van der Waals surface area contributed by atoms with Crippen molar-refractivity contribution >= 4 is 5.97 Å². The van der Waals surface area contributed by atoms with E-state index in [0.29, 0.717) is 6.61 Å². The summed E-state index contributed by atoms with van der Waals surface area (Å²) in [5, 5.41) is 0. The molecule has 0 aromatic carbocycles. The van der Waals surface area contributed by atoms with Gasteiger partial charge in [-0.2, -0.15) is 0 Å². The van der Waals surface area contributed by atoms with E-state index in [2.05, 4.69) is 6.92 Å². The largest absolute Gasteiger partial charge is 0.465 e. The van der Waals surface area contributed by atoms with E-state index in [-0.39, 0.29) is 11.4 Å². The highest BCUT2D eigenvalue weighted by Crippen LogP contribution is 2.18. The molecule has 0 bridgehead atoms. The fraction of sp³-hybridized carbons (Fsp3) is 0.909. The number of ether oxygens (including phenoxy) is 1. The van der Waals surface area contributed by atoms with Gasteiger partial charge in [0, 0.05) is 0 Å². The molecule has 0 fully saturated rings. The first-order valence-corrected chi connectivity index (χ1v) is 5.31. The standard InChI is InChI=1S/C11H23NO2/c1-5-6-7-8-14-10(13)9(12)11(2,3)4/h9H,5-8,12H2,1-4H3/t9-/m1/s1. The zero-order valence-electron chi connectivity index (χ0n) is 9.80. The van der Waals surface area contributed by atoms with E-state index in [1.54, 1.807) is 0 Å². The van der Waals surface area contributed by atoms with E-state index >= 15 is 0 Å². The number of rotatable bonds is 5. The molecule has 0 amide bonds. The Morgan fingerprint density at radius 3 is 2.36 bits per heavy atom. The van der Waals surface area contributed by atoms with Crippen molar-refractivity contribution in [3.8, 4) is 0 Å². The third kappa shape index (κ3) is 5.22. The maximum absolute atomic E-state index is 11.4.